The van der Waals surface area contributed by atoms with Crippen LogP contribution in [0.5, 0.6) is 11.5 Å². The number of benzene rings is 2. The van der Waals surface area contributed by atoms with Gasteiger partial charge in [-0.15, -0.1) is 0 Å². The first-order valence-corrected chi connectivity index (χ1v) is 10.2. The van der Waals surface area contributed by atoms with Gasteiger partial charge in [0.15, 0.2) is 17.3 Å². The number of esters is 1. The molecule has 0 aliphatic carbocycles. The van der Waals surface area contributed by atoms with Crippen molar-refractivity contribution >= 4 is 17.6 Å². The highest BCUT2D eigenvalue weighted by atomic mass is 35.5. The maximum Gasteiger partial charge on any atom is 0.344 e. The standard InChI is InChI=1S/C23H17ClN2O6/c1-13-21(22(26-31-13)16-4-2-3-5-17(16)24)23(27)30-12-15-11-19(32-25-15)14-6-7-18-20(10-14)29-9-8-28-18/h2-7,10-11H,8-9,12H2,1H3. The summed E-state index contributed by atoms with van der Waals surface area (Å²) in [7, 11) is 0. The van der Waals surface area contributed by atoms with Crippen molar-refractivity contribution in [3.63, 3.8) is 0 Å². The molecule has 0 amide bonds. The van der Waals surface area contributed by atoms with Gasteiger partial charge < -0.3 is 23.3 Å². The Kier molecular flexibility index (Phi) is 5.28. The van der Waals surface area contributed by atoms with E-state index in [0.29, 0.717) is 58.2 Å². The normalized spacial score (nSPS) is 12.6. The molecule has 5 rings (SSSR count). The number of rotatable bonds is 5. The summed E-state index contributed by atoms with van der Waals surface area (Å²) >= 11 is 6.25. The summed E-state index contributed by atoms with van der Waals surface area (Å²) in [6, 6.07) is 14.3. The van der Waals surface area contributed by atoms with Crippen molar-refractivity contribution < 1.29 is 28.1 Å². The Morgan fingerprint density at radius 3 is 2.69 bits per heavy atom. The first kappa shape index (κ1) is 20.1. The van der Waals surface area contributed by atoms with Crippen molar-refractivity contribution in [3.05, 3.63) is 70.6 Å². The number of fused-ring (bicyclic) bond motifs is 1. The van der Waals surface area contributed by atoms with E-state index in [1.165, 1.54) is 0 Å². The van der Waals surface area contributed by atoms with Crippen LogP contribution < -0.4 is 9.47 Å². The molecule has 9 heteroatoms. The molecule has 0 saturated heterocycles. The zero-order valence-electron chi connectivity index (χ0n) is 17.0. The number of ether oxygens (including phenoxy) is 3. The predicted molar refractivity (Wildman–Crippen MR) is 114 cm³/mol. The average molecular weight is 453 g/mol. The number of aromatic nitrogens is 2. The van der Waals surface area contributed by atoms with Gasteiger partial charge in [0.25, 0.3) is 0 Å². The van der Waals surface area contributed by atoms with E-state index in [4.69, 9.17) is 34.9 Å². The highest BCUT2D eigenvalue weighted by molar-refractivity contribution is 6.33. The van der Waals surface area contributed by atoms with E-state index in [-0.39, 0.29) is 12.2 Å². The molecular formula is C23H17ClN2O6. The highest BCUT2D eigenvalue weighted by Crippen LogP contribution is 2.35. The van der Waals surface area contributed by atoms with Crippen LogP contribution in [0.15, 0.2) is 57.6 Å². The Morgan fingerprint density at radius 1 is 1.03 bits per heavy atom. The molecule has 1 aliphatic rings. The van der Waals surface area contributed by atoms with E-state index < -0.39 is 5.97 Å². The molecular weight excluding hydrogens is 436 g/mol. The molecule has 0 N–H and O–H groups in total. The minimum atomic E-state index is -0.595. The monoisotopic (exact) mass is 452 g/mol. The predicted octanol–water partition coefficient (Wildman–Crippen LogP) is 5.09. The first-order chi connectivity index (χ1) is 15.6. The number of carbonyl (C=O) groups excluding carboxylic acids is 1. The minimum absolute atomic E-state index is 0.0839. The minimum Gasteiger partial charge on any atom is -0.486 e. The maximum atomic E-state index is 12.8. The van der Waals surface area contributed by atoms with Crippen LogP contribution in [0.4, 0.5) is 0 Å². The molecule has 0 unspecified atom stereocenters. The van der Waals surface area contributed by atoms with E-state index in [0.717, 1.165) is 5.56 Å². The Labute approximate surface area is 187 Å². The SMILES string of the molecule is Cc1onc(-c2ccccc2Cl)c1C(=O)OCc1cc(-c2ccc3c(c2)OCCO3)on1. The fraction of sp³-hybridized carbons (Fsp3) is 0.174. The van der Waals surface area contributed by atoms with Gasteiger partial charge in [-0.3, -0.25) is 0 Å². The Hall–Kier alpha value is -3.78. The van der Waals surface area contributed by atoms with Crippen molar-refractivity contribution in [2.75, 3.05) is 13.2 Å². The summed E-state index contributed by atoms with van der Waals surface area (Å²) in [5.74, 6) is 1.59. The number of hydrogen-bond acceptors (Lipinski definition) is 8. The Bertz CT molecular complexity index is 1300. The van der Waals surface area contributed by atoms with Crippen molar-refractivity contribution in [1.29, 1.82) is 0 Å². The molecule has 2 aromatic carbocycles. The van der Waals surface area contributed by atoms with Gasteiger partial charge in [0.2, 0.25) is 0 Å². The van der Waals surface area contributed by atoms with Crippen LogP contribution in [0.25, 0.3) is 22.6 Å². The molecule has 1 aliphatic heterocycles. The van der Waals surface area contributed by atoms with E-state index in [9.17, 15) is 4.79 Å². The van der Waals surface area contributed by atoms with Crippen LogP contribution in [0.2, 0.25) is 5.02 Å². The maximum absolute atomic E-state index is 12.8. The highest BCUT2D eigenvalue weighted by Gasteiger charge is 2.25. The van der Waals surface area contributed by atoms with Crippen molar-refractivity contribution in [3.8, 4) is 34.1 Å². The lowest BCUT2D eigenvalue weighted by atomic mass is 10.1. The number of aryl methyl sites for hydroxylation is 1. The van der Waals surface area contributed by atoms with Gasteiger partial charge in [-0.2, -0.15) is 0 Å². The summed E-state index contributed by atoms with van der Waals surface area (Å²) in [4.78, 5) is 12.8. The summed E-state index contributed by atoms with van der Waals surface area (Å²) in [6.07, 6.45) is 0. The largest absolute Gasteiger partial charge is 0.486 e. The molecule has 32 heavy (non-hydrogen) atoms. The Balaban J connectivity index is 1.32. The van der Waals surface area contributed by atoms with E-state index in [1.807, 2.05) is 18.2 Å². The second-order valence-electron chi connectivity index (χ2n) is 7.06. The lowest BCUT2D eigenvalue weighted by Crippen LogP contribution is -2.15. The van der Waals surface area contributed by atoms with Crippen LogP contribution in [-0.4, -0.2) is 29.5 Å². The van der Waals surface area contributed by atoms with Gasteiger partial charge >= 0.3 is 5.97 Å². The molecule has 3 heterocycles. The third-order valence-corrected chi connectivity index (χ3v) is 5.26. The Morgan fingerprint density at radius 2 is 1.84 bits per heavy atom. The molecule has 4 aromatic rings. The van der Waals surface area contributed by atoms with Crippen LogP contribution in [0.1, 0.15) is 21.8 Å². The second-order valence-corrected chi connectivity index (χ2v) is 7.47. The van der Waals surface area contributed by atoms with Gasteiger partial charge in [0.1, 0.15) is 42.5 Å². The average Bonchev–Trinajstić information content (AvgIpc) is 3.44. The molecule has 0 saturated carbocycles. The van der Waals surface area contributed by atoms with E-state index in [2.05, 4.69) is 10.3 Å². The number of nitrogens with zero attached hydrogens (tertiary/aromatic N) is 2. The van der Waals surface area contributed by atoms with Gasteiger partial charge in [-0.25, -0.2) is 4.79 Å². The smallest absolute Gasteiger partial charge is 0.344 e. The summed E-state index contributed by atoms with van der Waals surface area (Å²) in [6.45, 7) is 2.57. The molecule has 0 fully saturated rings. The third kappa shape index (κ3) is 3.80. The molecule has 0 atom stereocenters. The molecule has 0 spiro atoms. The first-order valence-electron chi connectivity index (χ1n) is 9.84. The molecule has 162 valence electrons. The van der Waals surface area contributed by atoms with Crippen molar-refractivity contribution in [2.24, 2.45) is 0 Å². The van der Waals surface area contributed by atoms with E-state index in [1.54, 1.807) is 37.3 Å². The lowest BCUT2D eigenvalue weighted by Gasteiger charge is -2.18. The third-order valence-electron chi connectivity index (χ3n) is 4.93. The summed E-state index contributed by atoms with van der Waals surface area (Å²) in [5.41, 5.74) is 2.36. The van der Waals surface area contributed by atoms with Crippen molar-refractivity contribution in [2.45, 2.75) is 13.5 Å². The number of carbonyl (C=O) groups is 1. The van der Waals surface area contributed by atoms with E-state index >= 15 is 0 Å². The van der Waals surface area contributed by atoms with Gasteiger partial charge in [-0.05, 0) is 31.2 Å². The van der Waals surface area contributed by atoms with Gasteiger partial charge in [0.05, 0.1) is 5.02 Å². The zero-order chi connectivity index (χ0) is 22.1. The molecule has 8 nitrogen and oxygen atoms in total. The topological polar surface area (TPSA) is 96.8 Å². The number of hydrogen-bond donors (Lipinski definition) is 0. The molecule has 2 aromatic heterocycles. The number of halogens is 1. The zero-order valence-corrected chi connectivity index (χ0v) is 17.7. The molecule has 0 bridgehead atoms. The second kappa shape index (κ2) is 8.39. The molecule has 0 radical (unpaired) electrons. The fourth-order valence-corrected chi connectivity index (χ4v) is 3.60. The van der Waals surface area contributed by atoms with Gasteiger partial charge in [0, 0.05) is 17.2 Å². The van der Waals surface area contributed by atoms with Crippen molar-refractivity contribution in [1.82, 2.24) is 10.3 Å². The van der Waals surface area contributed by atoms with Crippen LogP contribution in [0.3, 0.4) is 0 Å². The lowest BCUT2D eigenvalue weighted by molar-refractivity contribution is 0.0463. The van der Waals surface area contributed by atoms with Crippen LogP contribution >= 0.6 is 11.6 Å². The van der Waals surface area contributed by atoms with Crippen LogP contribution in [0, 0.1) is 6.92 Å². The quantitative estimate of drug-likeness (QED) is 0.386. The summed E-state index contributed by atoms with van der Waals surface area (Å²) in [5, 5.41) is 8.43. The summed E-state index contributed by atoms with van der Waals surface area (Å²) < 4.78 is 27.2. The van der Waals surface area contributed by atoms with Gasteiger partial charge in [-0.1, -0.05) is 40.1 Å². The fourth-order valence-electron chi connectivity index (χ4n) is 3.37. The van der Waals surface area contributed by atoms with Crippen LogP contribution in [-0.2, 0) is 11.3 Å².